The monoisotopic (exact) mass is 537 g/mol. The molecule has 0 aliphatic heterocycles. The smallest absolute Gasteiger partial charge is 0.0902 e. The molecule has 0 bridgehead atoms. The average molecular weight is 538 g/mol. The summed E-state index contributed by atoms with van der Waals surface area (Å²) in [5.74, 6) is 0. The minimum atomic E-state index is 1.04. The van der Waals surface area contributed by atoms with E-state index < -0.39 is 0 Å². The van der Waals surface area contributed by atoms with Gasteiger partial charge in [0.25, 0.3) is 0 Å². The van der Waals surface area contributed by atoms with Gasteiger partial charge in [-0.05, 0) is 61.6 Å². The summed E-state index contributed by atoms with van der Waals surface area (Å²) in [6.45, 7) is 0. The second-order valence-electron chi connectivity index (χ2n) is 10.7. The first-order valence-electron chi connectivity index (χ1n) is 14.0. The van der Waals surface area contributed by atoms with Crippen molar-refractivity contribution in [2.24, 2.45) is 0 Å². The number of hydrogen-bond acceptors (Lipinski definition) is 2. The zero-order valence-corrected chi connectivity index (χ0v) is 23.0. The molecule has 0 aliphatic rings. The van der Waals surface area contributed by atoms with Crippen molar-refractivity contribution in [1.29, 1.82) is 0 Å². The third-order valence-corrected chi connectivity index (χ3v) is 9.63. The van der Waals surface area contributed by atoms with Gasteiger partial charge in [0.15, 0.2) is 0 Å². The molecule has 0 fully saturated rings. The highest BCUT2D eigenvalue weighted by Crippen LogP contribution is 2.42. The molecule has 0 spiro atoms. The lowest BCUT2D eigenvalue weighted by molar-refractivity contribution is 1.44. The highest BCUT2D eigenvalue weighted by molar-refractivity contribution is 7.26. The van der Waals surface area contributed by atoms with E-state index in [2.05, 4.69) is 140 Å². The fraction of sp³-hybridized carbons (Fsp3) is 0. The molecule has 0 aliphatic carbocycles. The van der Waals surface area contributed by atoms with Crippen LogP contribution < -0.4 is 0 Å². The number of rotatable bonds is 2. The van der Waals surface area contributed by atoms with Crippen LogP contribution in [0.3, 0.4) is 0 Å². The summed E-state index contributed by atoms with van der Waals surface area (Å²) >= 11 is 1.84. The molecule has 0 saturated carbocycles. The molecule has 0 unspecified atom stereocenters. The minimum absolute atomic E-state index is 1.04. The molecule has 1 nitrogen and oxygen atoms in total. The second-order valence-corrected chi connectivity index (χ2v) is 11.8. The SMILES string of the molecule is c1cc(-c2ccc3c4ccccc4c4ccccc4c3c2)cc(-c2nc3c4ccccc4sc3c3ccccc23)c1. The van der Waals surface area contributed by atoms with Gasteiger partial charge in [0.05, 0.1) is 15.9 Å². The first kappa shape index (κ1) is 22.7. The van der Waals surface area contributed by atoms with Crippen molar-refractivity contribution in [3.63, 3.8) is 0 Å². The summed E-state index contributed by atoms with van der Waals surface area (Å²) in [4.78, 5) is 5.33. The van der Waals surface area contributed by atoms with Gasteiger partial charge >= 0.3 is 0 Å². The van der Waals surface area contributed by atoms with E-state index in [0.717, 1.165) is 16.8 Å². The Bertz CT molecular complexity index is 2450. The fourth-order valence-electron chi connectivity index (χ4n) is 6.54. The molecule has 0 radical (unpaired) electrons. The molecule has 2 heterocycles. The first-order chi connectivity index (χ1) is 20.3. The van der Waals surface area contributed by atoms with Crippen molar-refractivity contribution in [2.45, 2.75) is 0 Å². The van der Waals surface area contributed by atoms with Crippen LogP contribution in [0, 0.1) is 0 Å². The zero-order valence-electron chi connectivity index (χ0n) is 22.1. The van der Waals surface area contributed by atoms with E-state index in [9.17, 15) is 0 Å². The average Bonchev–Trinajstić information content (AvgIpc) is 3.43. The van der Waals surface area contributed by atoms with Gasteiger partial charge in [-0.15, -0.1) is 11.3 Å². The minimum Gasteiger partial charge on any atom is -0.246 e. The van der Waals surface area contributed by atoms with Gasteiger partial charge in [0.2, 0.25) is 0 Å². The van der Waals surface area contributed by atoms with E-state index >= 15 is 0 Å². The summed E-state index contributed by atoms with van der Waals surface area (Å²) in [6.07, 6.45) is 0. The maximum Gasteiger partial charge on any atom is 0.0902 e. The third-order valence-electron chi connectivity index (χ3n) is 8.43. The Kier molecular flexibility index (Phi) is 4.84. The summed E-state index contributed by atoms with van der Waals surface area (Å²) < 4.78 is 2.54. The lowest BCUT2D eigenvalue weighted by Crippen LogP contribution is -1.89. The summed E-state index contributed by atoms with van der Waals surface area (Å²) in [5.41, 5.74) is 5.68. The van der Waals surface area contributed by atoms with E-state index in [4.69, 9.17) is 4.98 Å². The lowest BCUT2D eigenvalue weighted by atomic mass is 9.91. The van der Waals surface area contributed by atoms with E-state index in [1.54, 1.807) is 0 Å². The number of pyridine rings is 1. The predicted molar refractivity (Wildman–Crippen MR) is 178 cm³/mol. The summed E-state index contributed by atoms with van der Waals surface area (Å²) in [5, 5.41) is 11.5. The first-order valence-corrected chi connectivity index (χ1v) is 14.8. The van der Waals surface area contributed by atoms with Crippen LogP contribution in [0.4, 0.5) is 0 Å². The second kappa shape index (κ2) is 8.72. The van der Waals surface area contributed by atoms with E-state index in [0.29, 0.717) is 0 Å². The quantitative estimate of drug-likeness (QED) is 0.200. The molecule has 0 amide bonds. The standard InChI is InChI=1S/C39H23NS/c1-2-14-29-27(12-1)28-13-3-4-15-30(28)35-23-25(20-21-31(29)35)24-10-9-11-26(22-24)37-32-16-5-6-17-33(32)39-38(40-37)34-18-7-8-19-36(34)41-39/h1-23H. The highest BCUT2D eigenvalue weighted by atomic mass is 32.1. The van der Waals surface area contributed by atoms with E-state index in [1.807, 2.05) is 11.3 Å². The highest BCUT2D eigenvalue weighted by Gasteiger charge is 2.15. The van der Waals surface area contributed by atoms with Crippen LogP contribution >= 0.6 is 11.3 Å². The van der Waals surface area contributed by atoms with Crippen molar-refractivity contribution in [2.75, 3.05) is 0 Å². The van der Waals surface area contributed by atoms with Gasteiger partial charge in [0, 0.05) is 26.4 Å². The lowest BCUT2D eigenvalue weighted by Gasteiger charge is -2.13. The Hall–Kier alpha value is -5.05. The van der Waals surface area contributed by atoms with Crippen LogP contribution in [0.2, 0.25) is 0 Å². The Morgan fingerprint density at radius 3 is 1.63 bits per heavy atom. The molecule has 41 heavy (non-hydrogen) atoms. The van der Waals surface area contributed by atoms with Crippen LogP contribution in [-0.4, -0.2) is 4.98 Å². The number of aromatic nitrogens is 1. The van der Waals surface area contributed by atoms with Crippen molar-refractivity contribution in [1.82, 2.24) is 4.98 Å². The van der Waals surface area contributed by atoms with Crippen molar-refractivity contribution in [3.8, 4) is 22.4 Å². The third kappa shape index (κ3) is 3.38. The molecule has 9 aromatic rings. The molecule has 2 aromatic heterocycles. The van der Waals surface area contributed by atoms with Crippen molar-refractivity contribution < 1.29 is 0 Å². The Balaban J connectivity index is 1.28. The fourth-order valence-corrected chi connectivity index (χ4v) is 7.72. The number of thiophene rings is 1. The Labute approximate surface area is 240 Å². The zero-order chi connectivity index (χ0) is 26.9. The van der Waals surface area contributed by atoms with Gasteiger partial charge in [-0.1, -0.05) is 121 Å². The van der Waals surface area contributed by atoms with Crippen molar-refractivity contribution in [3.05, 3.63) is 140 Å². The van der Waals surface area contributed by atoms with Crippen LogP contribution in [0.25, 0.3) is 85.8 Å². The molecule has 0 N–H and O–H groups in total. The molecule has 190 valence electrons. The molecule has 0 saturated heterocycles. The van der Waals surface area contributed by atoms with Crippen LogP contribution in [0.15, 0.2) is 140 Å². The van der Waals surface area contributed by atoms with E-state index in [-0.39, 0.29) is 0 Å². The largest absolute Gasteiger partial charge is 0.246 e. The van der Waals surface area contributed by atoms with Gasteiger partial charge in [-0.3, -0.25) is 0 Å². The molecule has 9 rings (SSSR count). The predicted octanol–water partition coefficient (Wildman–Crippen LogP) is 11.4. The van der Waals surface area contributed by atoms with Crippen LogP contribution in [-0.2, 0) is 0 Å². The normalized spacial score (nSPS) is 11.9. The number of fused-ring (bicyclic) bond motifs is 11. The molecular formula is C39H23NS. The van der Waals surface area contributed by atoms with Gasteiger partial charge in [-0.25, -0.2) is 4.98 Å². The van der Waals surface area contributed by atoms with Gasteiger partial charge in [0.1, 0.15) is 0 Å². The maximum atomic E-state index is 5.33. The van der Waals surface area contributed by atoms with Gasteiger partial charge in [-0.2, -0.15) is 0 Å². The summed E-state index contributed by atoms with van der Waals surface area (Å²) in [6, 6.07) is 50.6. The van der Waals surface area contributed by atoms with Crippen LogP contribution in [0.1, 0.15) is 0 Å². The number of benzene rings is 7. The molecular weight excluding hydrogens is 515 g/mol. The molecule has 7 aromatic carbocycles. The number of nitrogens with zero attached hydrogens (tertiary/aromatic N) is 1. The Morgan fingerprint density at radius 2 is 0.902 bits per heavy atom. The van der Waals surface area contributed by atoms with Crippen LogP contribution in [0.5, 0.6) is 0 Å². The molecule has 2 heteroatoms. The maximum absolute atomic E-state index is 5.33. The Morgan fingerprint density at radius 1 is 0.366 bits per heavy atom. The topological polar surface area (TPSA) is 12.9 Å². The number of hydrogen-bond donors (Lipinski definition) is 0. The van der Waals surface area contributed by atoms with Crippen molar-refractivity contribution >= 4 is 74.7 Å². The van der Waals surface area contributed by atoms with E-state index in [1.165, 1.54) is 69.0 Å². The van der Waals surface area contributed by atoms with Gasteiger partial charge < -0.3 is 0 Å². The molecule has 0 atom stereocenters. The summed E-state index contributed by atoms with van der Waals surface area (Å²) in [7, 11) is 0.